The number of carbonyl (C=O) groups excluding carboxylic acids is 1. The fourth-order valence-corrected chi connectivity index (χ4v) is 3.33. The van der Waals surface area contributed by atoms with Crippen molar-refractivity contribution in [1.82, 2.24) is 14.9 Å². The maximum atomic E-state index is 13.1. The second-order valence-corrected chi connectivity index (χ2v) is 7.07. The van der Waals surface area contributed by atoms with Crippen LogP contribution in [0.3, 0.4) is 0 Å². The van der Waals surface area contributed by atoms with E-state index in [1.165, 1.54) is 29.1 Å². The third-order valence-corrected chi connectivity index (χ3v) is 4.90. The van der Waals surface area contributed by atoms with Gasteiger partial charge >= 0.3 is 0 Å². The van der Waals surface area contributed by atoms with Crippen LogP contribution >= 0.6 is 0 Å². The van der Waals surface area contributed by atoms with E-state index in [4.69, 9.17) is 0 Å². The summed E-state index contributed by atoms with van der Waals surface area (Å²) < 4.78 is 14.4. The molecule has 0 aliphatic heterocycles. The van der Waals surface area contributed by atoms with Gasteiger partial charge in [-0.15, -0.1) is 0 Å². The van der Waals surface area contributed by atoms with Crippen molar-refractivity contribution in [2.75, 3.05) is 0 Å². The number of halogens is 1. The summed E-state index contributed by atoms with van der Waals surface area (Å²) in [4.78, 5) is 29.5. The van der Waals surface area contributed by atoms with Crippen molar-refractivity contribution < 1.29 is 9.18 Å². The number of amides is 1. The van der Waals surface area contributed by atoms with Crippen LogP contribution in [-0.2, 0) is 11.3 Å². The molecule has 0 saturated carbocycles. The first-order valence-electron chi connectivity index (χ1n) is 9.82. The molecule has 1 N–H and O–H groups in total. The third-order valence-electron chi connectivity index (χ3n) is 4.90. The van der Waals surface area contributed by atoms with E-state index >= 15 is 0 Å². The molecular weight excluding hydrogens is 393 g/mol. The van der Waals surface area contributed by atoms with Gasteiger partial charge in [-0.25, -0.2) is 9.37 Å². The number of benzene rings is 3. The summed E-state index contributed by atoms with van der Waals surface area (Å²) in [7, 11) is 0. The second kappa shape index (κ2) is 9.17. The highest BCUT2D eigenvalue weighted by molar-refractivity contribution is 5.77. The van der Waals surface area contributed by atoms with Gasteiger partial charge < -0.3 is 5.32 Å². The molecule has 0 saturated heterocycles. The van der Waals surface area contributed by atoms with E-state index in [2.05, 4.69) is 10.3 Å². The minimum Gasteiger partial charge on any atom is -0.344 e. The number of rotatable bonds is 6. The lowest BCUT2D eigenvalue weighted by atomic mass is 9.99. The van der Waals surface area contributed by atoms with Gasteiger partial charge in [-0.1, -0.05) is 60.7 Å². The third kappa shape index (κ3) is 4.93. The van der Waals surface area contributed by atoms with Crippen LogP contribution in [0.25, 0.3) is 11.3 Å². The van der Waals surface area contributed by atoms with E-state index in [9.17, 15) is 14.0 Å². The average molecular weight is 413 g/mol. The van der Waals surface area contributed by atoms with Gasteiger partial charge in [-0.05, 0) is 35.4 Å². The summed E-state index contributed by atoms with van der Waals surface area (Å²) in [6, 6.07) is 26.0. The standard InChI is InChI=1S/C25H20FN3O2/c26-21-13-11-18(12-14-21)22-15-24(31)29(17-27-22)16-23(30)28-25(19-7-3-1-4-8-19)20-9-5-2-6-10-20/h1-15,17,25H,16H2,(H,28,30). The van der Waals surface area contributed by atoms with Crippen LogP contribution in [0.2, 0.25) is 0 Å². The highest BCUT2D eigenvalue weighted by Gasteiger charge is 2.17. The van der Waals surface area contributed by atoms with Crippen LogP contribution in [0.15, 0.2) is 102 Å². The zero-order valence-corrected chi connectivity index (χ0v) is 16.6. The van der Waals surface area contributed by atoms with E-state index in [1.807, 2.05) is 60.7 Å². The molecule has 0 bridgehead atoms. The fraction of sp³-hybridized carbons (Fsp3) is 0.0800. The molecule has 1 amide bonds. The fourth-order valence-electron chi connectivity index (χ4n) is 3.33. The Morgan fingerprint density at radius 1 is 0.903 bits per heavy atom. The predicted octanol–water partition coefficient (Wildman–Crippen LogP) is 3.96. The van der Waals surface area contributed by atoms with Crippen LogP contribution in [-0.4, -0.2) is 15.5 Å². The van der Waals surface area contributed by atoms with Gasteiger partial charge in [0.05, 0.1) is 18.1 Å². The molecule has 31 heavy (non-hydrogen) atoms. The Bertz CT molecular complexity index is 1180. The topological polar surface area (TPSA) is 64.0 Å². The Kier molecular flexibility index (Phi) is 5.98. The minimum absolute atomic E-state index is 0.161. The first-order chi connectivity index (χ1) is 15.1. The molecule has 5 nitrogen and oxygen atoms in total. The van der Waals surface area contributed by atoms with E-state index in [1.54, 1.807) is 12.1 Å². The average Bonchev–Trinajstić information content (AvgIpc) is 2.80. The lowest BCUT2D eigenvalue weighted by Crippen LogP contribution is -2.35. The number of hydrogen-bond donors (Lipinski definition) is 1. The Balaban J connectivity index is 1.53. The van der Waals surface area contributed by atoms with Gasteiger partial charge in [0.2, 0.25) is 5.91 Å². The molecule has 0 radical (unpaired) electrons. The van der Waals surface area contributed by atoms with Crippen molar-refractivity contribution in [2.45, 2.75) is 12.6 Å². The van der Waals surface area contributed by atoms with Crippen LogP contribution in [0.5, 0.6) is 0 Å². The Hall–Kier alpha value is -4.06. The number of hydrogen-bond acceptors (Lipinski definition) is 3. The molecule has 4 aromatic rings. The highest BCUT2D eigenvalue weighted by Crippen LogP contribution is 2.21. The Morgan fingerprint density at radius 2 is 1.48 bits per heavy atom. The SMILES string of the molecule is O=C(Cn1cnc(-c2ccc(F)cc2)cc1=O)NC(c1ccccc1)c1ccccc1. The van der Waals surface area contributed by atoms with Crippen molar-refractivity contribution in [3.05, 3.63) is 125 Å². The highest BCUT2D eigenvalue weighted by atomic mass is 19.1. The molecule has 0 fully saturated rings. The van der Waals surface area contributed by atoms with Crippen molar-refractivity contribution in [2.24, 2.45) is 0 Å². The summed E-state index contributed by atoms with van der Waals surface area (Å²) in [6.07, 6.45) is 1.33. The van der Waals surface area contributed by atoms with E-state index in [-0.39, 0.29) is 29.9 Å². The number of aromatic nitrogens is 2. The summed E-state index contributed by atoms with van der Waals surface area (Å²) in [5, 5.41) is 3.01. The lowest BCUT2D eigenvalue weighted by molar-refractivity contribution is -0.122. The molecule has 0 atom stereocenters. The number of nitrogens with zero attached hydrogens (tertiary/aromatic N) is 2. The minimum atomic E-state index is -0.361. The summed E-state index contributed by atoms with van der Waals surface area (Å²) in [5.41, 5.74) is 2.58. The summed E-state index contributed by atoms with van der Waals surface area (Å²) in [6.45, 7) is -0.161. The molecule has 0 unspecified atom stereocenters. The van der Waals surface area contributed by atoms with E-state index < -0.39 is 0 Å². The maximum Gasteiger partial charge on any atom is 0.254 e. The van der Waals surface area contributed by atoms with Crippen LogP contribution in [0.1, 0.15) is 17.2 Å². The van der Waals surface area contributed by atoms with Crippen molar-refractivity contribution in [3.63, 3.8) is 0 Å². The molecule has 154 valence electrons. The van der Waals surface area contributed by atoms with Gasteiger partial charge in [0.15, 0.2) is 0 Å². The molecule has 1 aromatic heterocycles. The Morgan fingerprint density at radius 3 is 2.03 bits per heavy atom. The molecule has 0 aliphatic carbocycles. The van der Waals surface area contributed by atoms with Gasteiger partial charge in [-0.2, -0.15) is 0 Å². The predicted molar refractivity (Wildman–Crippen MR) is 117 cm³/mol. The van der Waals surface area contributed by atoms with Crippen LogP contribution in [0, 0.1) is 5.82 Å². The van der Waals surface area contributed by atoms with Crippen molar-refractivity contribution in [1.29, 1.82) is 0 Å². The molecule has 3 aromatic carbocycles. The molecule has 0 aliphatic rings. The molecule has 6 heteroatoms. The van der Waals surface area contributed by atoms with Crippen molar-refractivity contribution >= 4 is 5.91 Å². The molecule has 1 heterocycles. The molecule has 0 spiro atoms. The second-order valence-electron chi connectivity index (χ2n) is 7.07. The van der Waals surface area contributed by atoms with E-state index in [0.717, 1.165) is 11.1 Å². The van der Waals surface area contributed by atoms with Crippen LogP contribution in [0.4, 0.5) is 4.39 Å². The summed E-state index contributed by atoms with van der Waals surface area (Å²) in [5.74, 6) is -0.670. The zero-order chi connectivity index (χ0) is 21.6. The monoisotopic (exact) mass is 413 g/mol. The molecule has 4 rings (SSSR count). The zero-order valence-electron chi connectivity index (χ0n) is 16.6. The normalized spacial score (nSPS) is 10.8. The van der Waals surface area contributed by atoms with Gasteiger partial charge in [0.25, 0.3) is 5.56 Å². The van der Waals surface area contributed by atoms with Gasteiger partial charge in [0.1, 0.15) is 12.4 Å². The Labute approximate surface area is 178 Å². The van der Waals surface area contributed by atoms with E-state index in [0.29, 0.717) is 11.3 Å². The summed E-state index contributed by atoms with van der Waals surface area (Å²) >= 11 is 0. The first kappa shape index (κ1) is 20.2. The lowest BCUT2D eigenvalue weighted by Gasteiger charge is -2.20. The largest absolute Gasteiger partial charge is 0.344 e. The maximum absolute atomic E-state index is 13.1. The molecular formula is C25H20FN3O2. The smallest absolute Gasteiger partial charge is 0.254 e. The first-order valence-corrected chi connectivity index (χ1v) is 9.82. The van der Waals surface area contributed by atoms with Crippen molar-refractivity contribution in [3.8, 4) is 11.3 Å². The number of carbonyl (C=O) groups is 1. The number of nitrogens with one attached hydrogen (secondary N) is 1. The van der Waals surface area contributed by atoms with Crippen LogP contribution < -0.4 is 10.9 Å². The quantitative estimate of drug-likeness (QED) is 0.521. The van der Waals surface area contributed by atoms with Gasteiger partial charge in [0, 0.05) is 11.6 Å². The van der Waals surface area contributed by atoms with Gasteiger partial charge in [-0.3, -0.25) is 14.2 Å².